The van der Waals surface area contributed by atoms with Crippen molar-refractivity contribution in [1.82, 2.24) is 0 Å². The van der Waals surface area contributed by atoms with Crippen LogP contribution in [0.25, 0.3) is 0 Å². The van der Waals surface area contributed by atoms with Gasteiger partial charge in [-0.15, -0.1) is 0 Å². The minimum Gasteiger partial charge on any atom is -0.493 e. The van der Waals surface area contributed by atoms with Gasteiger partial charge in [-0.3, -0.25) is 4.79 Å². The molecule has 1 aliphatic rings. The average molecular weight is 249 g/mol. The maximum Gasteiger partial charge on any atom is 0.213 e. The molecule has 1 saturated carbocycles. The smallest absolute Gasteiger partial charge is 0.213 e. The Bertz CT molecular complexity index is 414. The second-order valence-corrected chi connectivity index (χ2v) is 4.55. The number of amides is 1. The zero-order chi connectivity index (χ0) is 13.0. The lowest BCUT2D eigenvalue weighted by Gasteiger charge is -2.21. The highest BCUT2D eigenvalue weighted by Crippen LogP contribution is 2.39. The molecule has 1 aromatic carbocycles. The van der Waals surface area contributed by atoms with Crippen molar-refractivity contribution in [2.75, 3.05) is 19.1 Å². The van der Waals surface area contributed by atoms with Crippen molar-refractivity contribution < 1.29 is 14.3 Å². The summed E-state index contributed by atoms with van der Waals surface area (Å²) < 4.78 is 11.3. The molecule has 0 aliphatic heterocycles. The number of benzene rings is 1. The predicted octanol–water partition coefficient (Wildman–Crippen LogP) is 2.61. The second kappa shape index (κ2) is 5.76. The molecule has 0 spiro atoms. The van der Waals surface area contributed by atoms with Crippen LogP contribution in [0.4, 0.5) is 5.69 Å². The SMILES string of the molecule is COc1cccc(N(C)C=O)c1OC1CCCC1. The number of ether oxygens (including phenoxy) is 2. The Labute approximate surface area is 107 Å². The van der Waals surface area contributed by atoms with Gasteiger partial charge in [0.2, 0.25) is 6.41 Å². The molecule has 0 aromatic heterocycles. The molecule has 4 nitrogen and oxygen atoms in total. The summed E-state index contributed by atoms with van der Waals surface area (Å²) in [6.07, 6.45) is 5.57. The molecule has 0 bridgehead atoms. The van der Waals surface area contributed by atoms with Crippen LogP contribution in [0.1, 0.15) is 25.7 Å². The first-order valence-electron chi connectivity index (χ1n) is 6.28. The predicted molar refractivity (Wildman–Crippen MR) is 70.3 cm³/mol. The maximum absolute atomic E-state index is 10.9. The molecule has 0 heterocycles. The lowest BCUT2D eigenvalue weighted by atomic mass is 10.2. The highest BCUT2D eigenvalue weighted by Gasteiger charge is 2.21. The highest BCUT2D eigenvalue weighted by atomic mass is 16.5. The first kappa shape index (κ1) is 12.7. The first-order chi connectivity index (χ1) is 8.76. The number of nitrogens with zero attached hydrogens (tertiary/aromatic N) is 1. The van der Waals surface area contributed by atoms with Gasteiger partial charge < -0.3 is 14.4 Å². The van der Waals surface area contributed by atoms with E-state index in [0.29, 0.717) is 11.5 Å². The van der Waals surface area contributed by atoms with Crippen LogP contribution in [0.2, 0.25) is 0 Å². The number of carbonyl (C=O) groups excluding carboxylic acids is 1. The van der Waals surface area contributed by atoms with Gasteiger partial charge in [0.15, 0.2) is 11.5 Å². The van der Waals surface area contributed by atoms with Crippen molar-refractivity contribution in [3.05, 3.63) is 18.2 Å². The maximum atomic E-state index is 10.9. The van der Waals surface area contributed by atoms with Gasteiger partial charge in [0.25, 0.3) is 0 Å². The molecule has 1 amide bonds. The standard InChI is InChI=1S/C14H19NO3/c1-15(10-16)12-8-5-9-13(17-2)14(12)18-11-6-3-4-7-11/h5,8-11H,3-4,6-7H2,1-2H3. The van der Waals surface area contributed by atoms with Gasteiger partial charge in [-0.1, -0.05) is 6.07 Å². The minimum absolute atomic E-state index is 0.236. The summed E-state index contributed by atoms with van der Waals surface area (Å²) in [5.41, 5.74) is 0.747. The second-order valence-electron chi connectivity index (χ2n) is 4.55. The normalized spacial score (nSPS) is 15.4. The largest absolute Gasteiger partial charge is 0.493 e. The number of methoxy groups -OCH3 is 1. The van der Waals surface area contributed by atoms with Crippen LogP contribution < -0.4 is 14.4 Å². The van der Waals surface area contributed by atoms with E-state index in [1.165, 1.54) is 17.7 Å². The Morgan fingerprint density at radius 3 is 2.67 bits per heavy atom. The molecule has 0 saturated heterocycles. The summed E-state index contributed by atoms with van der Waals surface area (Å²) in [7, 11) is 3.32. The molecule has 1 aromatic rings. The van der Waals surface area contributed by atoms with Crippen molar-refractivity contribution in [1.29, 1.82) is 0 Å². The fourth-order valence-corrected chi connectivity index (χ4v) is 2.29. The fourth-order valence-electron chi connectivity index (χ4n) is 2.29. The monoisotopic (exact) mass is 249 g/mol. The van der Waals surface area contributed by atoms with Crippen LogP contribution in [-0.2, 0) is 4.79 Å². The number of rotatable bonds is 5. The molecule has 0 N–H and O–H groups in total. The molecule has 0 unspecified atom stereocenters. The quantitative estimate of drug-likeness (QED) is 0.753. The summed E-state index contributed by atoms with van der Waals surface area (Å²) >= 11 is 0. The van der Waals surface area contributed by atoms with E-state index in [-0.39, 0.29) is 6.10 Å². The Kier molecular flexibility index (Phi) is 4.07. The van der Waals surface area contributed by atoms with E-state index in [1.54, 1.807) is 14.2 Å². The topological polar surface area (TPSA) is 38.8 Å². The zero-order valence-electron chi connectivity index (χ0n) is 10.9. The molecule has 18 heavy (non-hydrogen) atoms. The van der Waals surface area contributed by atoms with Crippen LogP contribution in [0.15, 0.2) is 18.2 Å². The molecule has 1 aliphatic carbocycles. The fraction of sp³-hybridized carbons (Fsp3) is 0.500. The molecule has 1 fully saturated rings. The van der Waals surface area contributed by atoms with Crippen molar-refractivity contribution >= 4 is 12.1 Å². The third-order valence-corrected chi connectivity index (χ3v) is 3.30. The van der Waals surface area contributed by atoms with Gasteiger partial charge in [0.05, 0.1) is 18.9 Å². The average Bonchev–Trinajstić information content (AvgIpc) is 2.91. The Morgan fingerprint density at radius 1 is 1.33 bits per heavy atom. The van der Waals surface area contributed by atoms with Gasteiger partial charge in [0.1, 0.15) is 0 Å². The molecule has 0 radical (unpaired) electrons. The number of carbonyl (C=O) groups is 1. The van der Waals surface area contributed by atoms with Gasteiger partial charge >= 0.3 is 0 Å². The lowest BCUT2D eigenvalue weighted by molar-refractivity contribution is -0.107. The third kappa shape index (κ3) is 2.58. The zero-order valence-corrected chi connectivity index (χ0v) is 10.9. The van der Waals surface area contributed by atoms with Gasteiger partial charge in [-0.2, -0.15) is 0 Å². The summed E-state index contributed by atoms with van der Waals surface area (Å²) in [5.74, 6) is 1.34. The number of hydrogen-bond donors (Lipinski definition) is 0. The minimum atomic E-state index is 0.236. The van der Waals surface area contributed by atoms with Crippen LogP contribution >= 0.6 is 0 Å². The van der Waals surface area contributed by atoms with Crippen LogP contribution in [0.3, 0.4) is 0 Å². The summed E-state index contributed by atoms with van der Waals surface area (Å²) in [6, 6.07) is 5.57. The molecule has 0 atom stereocenters. The Hall–Kier alpha value is -1.71. The van der Waals surface area contributed by atoms with Gasteiger partial charge in [-0.05, 0) is 37.8 Å². The summed E-state index contributed by atoms with van der Waals surface area (Å²) in [6.45, 7) is 0. The summed E-state index contributed by atoms with van der Waals surface area (Å²) in [5, 5.41) is 0. The molecule has 4 heteroatoms. The van der Waals surface area contributed by atoms with E-state index < -0.39 is 0 Å². The van der Waals surface area contributed by atoms with E-state index >= 15 is 0 Å². The van der Waals surface area contributed by atoms with Gasteiger partial charge in [0, 0.05) is 7.05 Å². The van der Waals surface area contributed by atoms with E-state index in [1.807, 2.05) is 18.2 Å². The first-order valence-corrected chi connectivity index (χ1v) is 6.28. The molecular formula is C14H19NO3. The Balaban J connectivity index is 2.30. The van der Waals surface area contributed by atoms with E-state index in [4.69, 9.17) is 9.47 Å². The molecule has 2 rings (SSSR count). The van der Waals surface area contributed by atoms with E-state index in [0.717, 1.165) is 24.9 Å². The van der Waals surface area contributed by atoms with E-state index in [9.17, 15) is 4.79 Å². The molecule has 98 valence electrons. The van der Waals surface area contributed by atoms with Crippen molar-refractivity contribution in [3.63, 3.8) is 0 Å². The molecular weight excluding hydrogens is 230 g/mol. The number of anilines is 1. The van der Waals surface area contributed by atoms with Crippen LogP contribution in [-0.4, -0.2) is 26.7 Å². The van der Waals surface area contributed by atoms with Crippen LogP contribution in [0.5, 0.6) is 11.5 Å². The lowest BCUT2D eigenvalue weighted by Crippen LogP contribution is -2.18. The highest BCUT2D eigenvalue weighted by molar-refractivity contribution is 5.79. The number of para-hydroxylation sites is 1. The van der Waals surface area contributed by atoms with E-state index in [2.05, 4.69) is 0 Å². The van der Waals surface area contributed by atoms with Gasteiger partial charge in [-0.25, -0.2) is 0 Å². The number of hydrogen-bond acceptors (Lipinski definition) is 3. The Morgan fingerprint density at radius 2 is 2.06 bits per heavy atom. The van der Waals surface area contributed by atoms with Crippen LogP contribution in [0, 0.1) is 0 Å². The van der Waals surface area contributed by atoms with Crippen molar-refractivity contribution in [2.45, 2.75) is 31.8 Å². The third-order valence-electron chi connectivity index (χ3n) is 3.30. The van der Waals surface area contributed by atoms with Crippen molar-refractivity contribution in [2.24, 2.45) is 0 Å². The van der Waals surface area contributed by atoms with Crippen molar-refractivity contribution in [3.8, 4) is 11.5 Å². The summed E-state index contributed by atoms with van der Waals surface area (Å²) in [4.78, 5) is 12.4.